The molecule has 106 valence electrons. The SMILES string of the molecule is CNC(=O)CCOc1c(OC)cc(CN)cc1OC. The number of nitrogens with one attached hydrogen (secondary N) is 1. The van der Waals surface area contributed by atoms with Crippen LogP contribution >= 0.6 is 0 Å². The van der Waals surface area contributed by atoms with Crippen molar-refractivity contribution in [3.8, 4) is 17.2 Å². The van der Waals surface area contributed by atoms with Crippen LogP contribution in [-0.2, 0) is 11.3 Å². The lowest BCUT2D eigenvalue weighted by Crippen LogP contribution is -2.20. The predicted octanol–water partition coefficient (Wildman–Crippen LogP) is 0.677. The Labute approximate surface area is 112 Å². The Bertz CT molecular complexity index is 410. The monoisotopic (exact) mass is 268 g/mol. The van der Waals surface area contributed by atoms with Crippen LogP contribution in [0.25, 0.3) is 0 Å². The van der Waals surface area contributed by atoms with E-state index in [1.807, 2.05) is 0 Å². The van der Waals surface area contributed by atoms with Crippen molar-refractivity contribution < 1.29 is 19.0 Å². The Kier molecular flexibility index (Phi) is 5.95. The first-order valence-corrected chi connectivity index (χ1v) is 5.94. The molecule has 0 aromatic heterocycles. The first kappa shape index (κ1) is 15.1. The summed E-state index contributed by atoms with van der Waals surface area (Å²) in [4.78, 5) is 11.1. The van der Waals surface area contributed by atoms with Gasteiger partial charge in [-0.15, -0.1) is 0 Å². The van der Waals surface area contributed by atoms with Crippen LogP contribution in [-0.4, -0.2) is 33.8 Å². The molecule has 6 heteroatoms. The fourth-order valence-corrected chi connectivity index (χ4v) is 1.57. The normalized spacial score (nSPS) is 9.89. The lowest BCUT2D eigenvalue weighted by Gasteiger charge is -2.15. The summed E-state index contributed by atoms with van der Waals surface area (Å²) < 4.78 is 16.1. The molecule has 0 aliphatic rings. The van der Waals surface area contributed by atoms with Gasteiger partial charge in [0.05, 0.1) is 27.2 Å². The molecule has 0 radical (unpaired) electrons. The van der Waals surface area contributed by atoms with E-state index in [1.54, 1.807) is 33.4 Å². The van der Waals surface area contributed by atoms with Gasteiger partial charge in [-0.25, -0.2) is 0 Å². The van der Waals surface area contributed by atoms with Gasteiger partial charge in [-0.3, -0.25) is 4.79 Å². The summed E-state index contributed by atoms with van der Waals surface area (Å²) >= 11 is 0. The van der Waals surface area contributed by atoms with Gasteiger partial charge >= 0.3 is 0 Å². The van der Waals surface area contributed by atoms with E-state index in [9.17, 15) is 4.79 Å². The standard InChI is InChI=1S/C13H20N2O4/c1-15-12(16)4-5-19-13-10(17-2)6-9(8-14)7-11(13)18-3/h6-7H,4-5,8,14H2,1-3H3,(H,15,16). The summed E-state index contributed by atoms with van der Waals surface area (Å²) in [5, 5.41) is 2.53. The van der Waals surface area contributed by atoms with Crippen molar-refractivity contribution in [2.24, 2.45) is 5.73 Å². The fourth-order valence-electron chi connectivity index (χ4n) is 1.57. The molecular formula is C13H20N2O4. The minimum Gasteiger partial charge on any atom is -0.493 e. The molecule has 0 aliphatic carbocycles. The largest absolute Gasteiger partial charge is 0.493 e. The van der Waals surface area contributed by atoms with Crippen molar-refractivity contribution in [1.82, 2.24) is 5.32 Å². The number of methoxy groups -OCH3 is 2. The van der Waals surface area contributed by atoms with Crippen LogP contribution in [0.1, 0.15) is 12.0 Å². The molecule has 19 heavy (non-hydrogen) atoms. The van der Waals surface area contributed by atoms with Gasteiger partial charge in [-0.2, -0.15) is 0 Å². The van der Waals surface area contributed by atoms with Crippen molar-refractivity contribution in [2.75, 3.05) is 27.9 Å². The molecule has 1 aromatic carbocycles. The van der Waals surface area contributed by atoms with E-state index in [0.29, 0.717) is 23.8 Å². The number of carbonyl (C=O) groups is 1. The third-order valence-electron chi connectivity index (χ3n) is 2.61. The molecule has 3 N–H and O–H groups in total. The molecule has 0 spiro atoms. The quantitative estimate of drug-likeness (QED) is 0.759. The van der Waals surface area contributed by atoms with Crippen molar-refractivity contribution in [3.63, 3.8) is 0 Å². The molecule has 0 atom stereocenters. The molecule has 1 aromatic rings. The van der Waals surface area contributed by atoms with Crippen molar-refractivity contribution in [1.29, 1.82) is 0 Å². The van der Waals surface area contributed by atoms with Crippen LogP contribution in [0, 0.1) is 0 Å². The molecule has 0 aliphatic heterocycles. The second kappa shape index (κ2) is 7.48. The summed E-state index contributed by atoms with van der Waals surface area (Å²) in [6, 6.07) is 3.58. The van der Waals surface area contributed by atoms with Crippen molar-refractivity contribution in [3.05, 3.63) is 17.7 Å². The van der Waals surface area contributed by atoms with Gasteiger partial charge in [0.15, 0.2) is 11.5 Å². The zero-order valence-electron chi connectivity index (χ0n) is 11.5. The van der Waals surface area contributed by atoms with E-state index < -0.39 is 0 Å². The first-order chi connectivity index (χ1) is 9.15. The van der Waals surface area contributed by atoms with Gasteiger partial charge in [0.25, 0.3) is 0 Å². The number of benzene rings is 1. The van der Waals surface area contributed by atoms with Gasteiger partial charge in [0.1, 0.15) is 0 Å². The number of hydrogen-bond acceptors (Lipinski definition) is 5. The number of nitrogens with two attached hydrogens (primary N) is 1. The van der Waals surface area contributed by atoms with Gasteiger partial charge in [-0.05, 0) is 17.7 Å². The highest BCUT2D eigenvalue weighted by atomic mass is 16.5. The number of amides is 1. The second-order valence-corrected chi connectivity index (χ2v) is 3.81. The third kappa shape index (κ3) is 4.03. The van der Waals surface area contributed by atoms with E-state index >= 15 is 0 Å². The number of rotatable bonds is 7. The van der Waals surface area contributed by atoms with E-state index in [2.05, 4.69) is 5.32 Å². The molecule has 0 fully saturated rings. The van der Waals surface area contributed by atoms with Gasteiger partial charge in [0.2, 0.25) is 11.7 Å². The van der Waals surface area contributed by atoms with E-state index in [1.165, 1.54) is 0 Å². The third-order valence-corrected chi connectivity index (χ3v) is 2.61. The number of ether oxygens (including phenoxy) is 3. The van der Waals surface area contributed by atoms with Gasteiger partial charge in [0, 0.05) is 13.6 Å². The molecule has 1 rings (SSSR count). The van der Waals surface area contributed by atoms with E-state index in [4.69, 9.17) is 19.9 Å². The van der Waals surface area contributed by atoms with Crippen LogP contribution in [0.4, 0.5) is 0 Å². The minimum absolute atomic E-state index is 0.0866. The Morgan fingerprint density at radius 2 is 1.84 bits per heavy atom. The molecule has 0 heterocycles. The molecule has 0 saturated carbocycles. The highest BCUT2D eigenvalue weighted by Gasteiger charge is 2.14. The minimum atomic E-state index is -0.0866. The van der Waals surface area contributed by atoms with Crippen LogP contribution < -0.4 is 25.3 Å². The van der Waals surface area contributed by atoms with Crippen molar-refractivity contribution in [2.45, 2.75) is 13.0 Å². The Balaban J connectivity index is 2.88. The average Bonchev–Trinajstić information content (AvgIpc) is 2.46. The summed E-state index contributed by atoms with van der Waals surface area (Å²) in [6.45, 7) is 0.625. The maximum Gasteiger partial charge on any atom is 0.223 e. The summed E-state index contributed by atoms with van der Waals surface area (Å²) in [5.41, 5.74) is 6.48. The molecule has 6 nitrogen and oxygen atoms in total. The molecule has 1 amide bonds. The maximum atomic E-state index is 11.1. The van der Waals surface area contributed by atoms with Crippen LogP contribution in [0.15, 0.2) is 12.1 Å². The van der Waals surface area contributed by atoms with Crippen LogP contribution in [0.2, 0.25) is 0 Å². The molecule has 0 bridgehead atoms. The summed E-state index contributed by atoms with van der Waals surface area (Å²) in [7, 11) is 4.67. The Hall–Kier alpha value is -1.95. The summed E-state index contributed by atoms with van der Waals surface area (Å²) in [6.07, 6.45) is 0.265. The topological polar surface area (TPSA) is 82.8 Å². The van der Waals surface area contributed by atoms with E-state index in [0.717, 1.165) is 5.56 Å². The number of carbonyl (C=O) groups excluding carboxylic acids is 1. The van der Waals surface area contributed by atoms with Crippen LogP contribution in [0.3, 0.4) is 0 Å². The van der Waals surface area contributed by atoms with Crippen LogP contribution in [0.5, 0.6) is 17.2 Å². The zero-order valence-corrected chi connectivity index (χ0v) is 11.5. The molecule has 0 saturated heterocycles. The maximum absolute atomic E-state index is 11.1. The molecule has 0 unspecified atom stereocenters. The lowest BCUT2D eigenvalue weighted by atomic mass is 10.2. The smallest absolute Gasteiger partial charge is 0.223 e. The highest BCUT2D eigenvalue weighted by Crippen LogP contribution is 2.38. The van der Waals surface area contributed by atoms with Gasteiger partial charge in [-0.1, -0.05) is 0 Å². The second-order valence-electron chi connectivity index (χ2n) is 3.81. The average molecular weight is 268 g/mol. The zero-order chi connectivity index (χ0) is 14.3. The highest BCUT2D eigenvalue weighted by molar-refractivity contribution is 5.75. The van der Waals surface area contributed by atoms with Crippen molar-refractivity contribution >= 4 is 5.91 Å². The molecular weight excluding hydrogens is 248 g/mol. The van der Waals surface area contributed by atoms with E-state index in [-0.39, 0.29) is 18.9 Å². The fraction of sp³-hybridized carbons (Fsp3) is 0.462. The Morgan fingerprint density at radius 3 is 2.26 bits per heavy atom. The summed E-state index contributed by atoms with van der Waals surface area (Å²) in [5.74, 6) is 1.47. The van der Waals surface area contributed by atoms with Gasteiger partial charge < -0.3 is 25.3 Å². The predicted molar refractivity (Wildman–Crippen MR) is 71.6 cm³/mol. The number of hydrogen-bond donors (Lipinski definition) is 2. The first-order valence-electron chi connectivity index (χ1n) is 5.94. The Morgan fingerprint density at radius 1 is 1.26 bits per heavy atom. The lowest BCUT2D eigenvalue weighted by molar-refractivity contribution is -0.121.